The molecule has 3 aromatic carbocycles. The number of fused-ring (bicyclic) bond motifs is 1. The maximum atomic E-state index is 13.4. The number of rotatable bonds is 5. The molecule has 4 aromatic rings. The number of nitrogens with two attached hydrogens (primary N) is 2. The molecular weight excluding hydrogens is 537 g/mol. The minimum Gasteiger partial charge on any atom is -0.399 e. The largest absolute Gasteiger partial charge is 0.416 e. The highest BCUT2D eigenvalue weighted by Gasteiger charge is 2.34. The smallest absolute Gasteiger partial charge is 0.399 e. The molecule has 0 radical (unpaired) electrons. The molecule has 0 spiro atoms. The summed E-state index contributed by atoms with van der Waals surface area (Å²) in [6, 6.07) is 18.9. The normalized spacial score (nSPS) is 10.8. The highest BCUT2D eigenvalue weighted by molar-refractivity contribution is 5.81. The first kappa shape index (κ1) is 37.8. The first-order valence-corrected chi connectivity index (χ1v) is 13.6. The summed E-state index contributed by atoms with van der Waals surface area (Å²) in [5.74, 6) is 0.638. The lowest BCUT2D eigenvalue weighted by Gasteiger charge is -2.21. The van der Waals surface area contributed by atoms with Crippen LogP contribution in [-0.2, 0) is 23.9 Å². The molecule has 0 saturated heterocycles. The fourth-order valence-corrected chi connectivity index (χ4v) is 4.08. The van der Waals surface area contributed by atoms with Crippen molar-refractivity contribution in [1.82, 2.24) is 9.55 Å². The Morgan fingerprint density at radius 2 is 1.48 bits per heavy atom. The third-order valence-corrected chi connectivity index (χ3v) is 6.01. The molecule has 1 heterocycles. The van der Waals surface area contributed by atoms with E-state index in [0.717, 1.165) is 23.6 Å². The van der Waals surface area contributed by atoms with Crippen LogP contribution in [0.2, 0.25) is 0 Å². The van der Waals surface area contributed by atoms with Gasteiger partial charge in [0.05, 0.1) is 22.6 Å². The lowest BCUT2D eigenvalue weighted by molar-refractivity contribution is -0.138. The predicted molar refractivity (Wildman–Crippen MR) is 171 cm³/mol. The van der Waals surface area contributed by atoms with Crippen LogP contribution in [-0.4, -0.2) is 16.3 Å². The number of carbonyl (C=O) groups excluding carboxylic acids is 1. The van der Waals surface area contributed by atoms with Crippen molar-refractivity contribution in [2.45, 2.75) is 66.2 Å². The average molecular weight is 583 g/mol. The maximum Gasteiger partial charge on any atom is 0.416 e. The van der Waals surface area contributed by atoms with Crippen molar-refractivity contribution in [2.24, 2.45) is 11.5 Å². The van der Waals surface area contributed by atoms with Crippen LogP contribution in [0.1, 0.15) is 73.8 Å². The summed E-state index contributed by atoms with van der Waals surface area (Å²) in [5.41, 5.74) is 15.9. The molecule has 1 atom stereocenters. The van der Waals surface area contributed by atoms with E-state index in [1.54, 1.807) is 32.0 Å². The number of hydrogen-bond acceptors (Lipinski definition) is 4. The second-order valence-electron chi connectivity index (χ2n) is 9.10. The number of imidazole rings is 1. The van der Waals surface area contributed by atoms with E-state index < -0.39 is 17.8 Å². The summed E-state index contributed by atoms with van der Waals surface area (Å²) in [6.45, 7) is 22.3. The van der Waals surface area contributed by atoms with E-state index in [2.05, 4.69) is 69.8 Å². The van der Waals surface area contributed by atoms with Gasteiger partial charge in [0.15, 0.2) is 0 Å². The topological polar surface area (TPSA) is 86.9 Å². The molecule has 0 fully saturated rings. The van der Waals surface area contributed by atoms with Gasteiger partial charge in [-0.2, -0.15) is 13.2 Å². The Bertz CT molecular complexity index is 1340. The zero-order valence-electron chi connectivity index (χ0n) is 25.5. The van der Waals surface area contributed by atoms with Crippen LogP contribution in [0.4, 0.5) is 13.2 Å². The molecule has 42 heavy (non-hydrogen) atoms. The third kappa shape index (κ3) is 10.7. The van der Waals surface area contributed by atoms with E-state index >= 15 is 0 Å². The van der Waals surface area contributed by atoms with E-state index in [4.69, 9.17) is 16.3 Å². The minimum atomic E-state index is -4.40. The standard InChI is InChI=1S/C19H18F3N3.C9H13N.C3H8.C2H4.CH2O/c1-11(23)14-8-9-18-17(10-14)24-13(3)25(18)12(2)15-6-4-5-7-16(15)19(20,21)22;1-2-8-3-5-9(7-10)6-4-8;1-3-2;2*1-2/h4-10,12H,1,23H2,2-3H3;3-6H,2,7,10H2,1H3;3H2,1-2H3;1-2H2;1H2. The summed E-state index contributed by atoms with van der Waals surface area (Å²) in [5, 5.41) is 0. The molecule has 1 aromatic heterocycles. The molecule has 228 valence electrons. The van der Waals surface area contributed by atoms with Crippen LogP contribution < -0.4 is 11.5 Å². The Morgan fingerprint density at radius 1 is 0.952 bits per heavy atom. The van der Waals surface area contributed by atoms with Crippen molar-refractivity contribution in [3.05, 3.63) is 120 Å². The van der Waals surface area contributed by atoms with Crippen LogP contribution in [0.15, 0.2) is 86.5 Å². The highest BCUT2D eigenvalue weighted by atomic mass is 19.4. The first-order valence-electron chi connectivity index (χ1n) is 13.6. The molecule has 5 nitrogen and oxygen atoms in total. The molecular formula is C34H45F3N4O. The van der Waals surface area contributed by atoms with Gasteiger partial charge >= 0.3 is 6.18 Å². The van der Waals surface area contributed by atoms with Crippen molar-refractivity contribution in [1.29, 1.82) is 0 Å². The molecule has 0 amide bonds. The maximum absolute atomic E-state index is 13.4. The number of alkyl halides is 3. The molecule has 0 saturated carbocycles. The SMILES string of the molecule is C=C.C=C(N)c1ccc2c(c1)nc(C)n2C(C)c1ccccc1C(F)(F)F.C=O.CCC.CCc1ccc(CN)cc1. The number of aromatic nitrogens is 2. The fraction of sp³-hybridized carbons (Fsp3) is 0.294. The van der Waals surface area contributed by atoms with Gasteiger partial charge in [0.25, 0.3) is 0 Å². The summed E-state index contributed by atoms with van der Waals surface area (Å²) in [4.78, 5) is 12.5. The van der Waals surface area contributed by atoms with Crippen molar-refractivity contribution in [3.8, 4) is 0 Å². The Labute approximate surface area is 248 Å². The Morgan fingerprint density at radius 3 is 1.95 bits per heavy atom. The monoisotopic (exact) mass is 582 g/mol. The van der Waals surface area contributed by atoms with Crippen LogP contribution in [0.3, 0.4) is 0 Å². The number of halogens is 3. The second-order valence-corrected chi connectivity index (χ2v) is 9.10. The lowest BCUT2D eigenvalue weighted by Crippen LogP contribution is -2.15. The van der Waals surface area contributed by atoms with Crippen molar-refractivity contribution < 1.29 is 18.0 Å². The molecule has 0 bridgehead atoms. The fourth-order valence-electron chi connectivity index (χ4n) is 4.08. The summed E-state index contributed by atoms with van der Waals surface area (Å²) in [7, 11) is 0. The number of carbonyl (C=O) groups is 1. The number of hydrogen-bond donors (Lipinski definition) is 2. The summed E-state index contributed by atoms with van der Waals surface area (Å²) in [6.07, 6.45) is -2.05. The highest BCUT2D eigenvalue weighted by Crippen LogP contribution is 2.37. The zero-order valence-corrected chi connectivity index (χ0v) is 25.5. The molecule has 1 unspecified atom stereocenters. The molecule has 0 aliphatic heterocycles. The van der Waals surface area contributed by atoms with Crippen molar-refractivity contribution >= 4 is 23.5 Å². The first-order chi connectivity index (χ1) is 20.0. The zero-order chi connectivity index (χ0) is 32.5. The van der Waals surface area contributed by atoms with Crippen LogP contribution >= 0.6 is 0 Å². The van der Waals surface area contributed by atoms with Gasteiger partial charge in [-0.3, -0.25) is 0 Å². The summed E-state index contributed by atoms with van der Waals surface area (Å²) >= 11 is 0. The van der Waals surface area contributed by atoms with Gasteiger partial charge in [-0.15, -0.1) is 13.2 Å². The number of aryl methyl sites for hydroxylation is 2. The number of nitrogens with zero attached hydrogens (tertiary/aromatic N) is 2. The van der Waals surface area contributed by atoms with Crippen LogP contribution in [0.5, 0.6) is 0 Å². The van der Waals surface area contributed by atoms with E-state index in [-0.39, 0.29) is 5.56 Å². The second kappa shape index (κ2) is 19.0. The van der Waals surface area contributed by atoms with Crippen LogP contribution in [0.25, 0.3) is 16.7 Å². The minimum absolute atomic E-state index is 0.213. The number of benzene rings is 3. The van der Waals surface area contributed by atoms with Gasteiger partial charge in [-0.1, -0.05) is 82.3 Å². The van der Waals surface area contributed by atoms with Gasteiger partial charge in [0, 0.05) is 12.2 Å². The third-order valence-electron chi connectivity index (χ3n) is 6.01. The van der Waals surface area contributed by atoms with E-state index in [1.807, 2.05) is 17.4 Å². The van der Waals surface area contributed by atoms with Gasteiger partial charge in [0.2, 0.25) is 0 Å². The molecule has 0 aliphatic rings. The molecule has 0 aliphatic carbocycles. The van der Waals surface area contributed by atoms with Gasteiger partial charge in [-0.25, -0.2) is 4.98 Å². The molecule has 4 N–H and O–H groups in total. The van der Waals surface area contributed by atoms with Crippen LogP contribution in [0, 0.1) is 6.92 Å². The van der Waals surface area contributed by atoms with Crippen molar-refractivity contribution in [2.75, 3.05) is 0 Å². The molecule has 8 heteroatoms. The Hall–Kier alpha value is -4.17. The van der Waals surface area contributed by atoms with E-state index in [9.17, 15) is 13.2 Å². The van der Waals surface area contributed by atoms with Gasteiger partial charge in [-0.05, 0) is 60.7 Å². The van der Waals surface area contributed by atoms with E-state index in [1.165, 1.54) is 29.7 Å². The van der Waals surface area contributed by atoms with Crippen molar-refractivity contribution in [3.63, 3.8) is 0 Å². The summed E-state index contributed by atoms with van der Waals surface area (Å²) < 4.78 is 41.9. The lowest BCUT2D eigenvalue weighted by atomic mass is 10.0. The average Bonchev–Trinajstić information content (AvgIpc) is 3.34. The predicted octanol–water partition coefficient (Wildman–Crippen LogP) is 8.64. The van der Waals surface area contributed by atoms with E-state index in [0.29, 0.717) is 23.6 Å². The van der Waals surface area contributed by atoms with Gasteiger partial charge in [0.1, 0.15) is 12.6 Å². The Kier molecular flexibility index (Phi) is 17.2. The molecule has 4 rings (SSSR count). The quantitative estimate of drug-likeness (QED) is 0.231. The Balaban J connectivity index is 0.000000821. The van der Waals surface area contributed by atoms with Gasteiger partial charge < -0.3 is 20.8 Å².